The number of aliphatic hydroxyl groups excluding tert-OH is 1. The van der Waals surface area contributed by atoms with Gasteiger partial charge in [0.05, 0.1) is 17.8 Å². The van der Waals surface area contributed by atoms with Gasteiger partial charge in [0.2, 0.25) is 0 Å². The first-order valence-electron chi connectivity index (χ1n) is 8.92. The molecule has 3 fully saturated rings. The van der Waals surface area contributed by atoms with Crippen LogP contribution in [-0.2, 0) is 4.74 Å². The summed E-state index contributed by atoms with van der Waals surface area (Å²) in [6, 6.07) is 0. The molecule has 22 heavy (non-hydrogen) atoms. The molecule has 1 aliphatic heterocycles. The van der Waals surface area contributed by atoms with Crippen molar-refractivity contribution in [3.63, 3.8) is 0 Å². The molecule has 1 N–H and O–H groups in total. The predicted molar refractivity (Wildman–Crippen MR) is 90.6 cm³/mol. The number of hydrogen-bond acceptors (Lipinski definition) is 2. The second kappa shape index (κ2) is 5.49. The van der Waals surface area contributed by atoms with Crippen molar-refractivity contribution in [1.29, 1.82) is 0 Å². The van der Waals surface area contributed by atoms with Gasteiger partial charge >= 0.3 is 0 Å². The van der Waals surface area contributed by atoms with E-state index < -0.39 is 0 Å². The quantitative estimate of drug-likeness (QED) is 0.609. The molecule has 0 spiro atoms. The SMILES string of the molecule is C=C1CCC2OC2(C)CCC2C1CC2(C)CC(O)C=C(C)C. The summed E-state index contributed by atoms with van der Waals surface area (Å²) in [5, 5.41) is 10.3. The lowest BCUT2D eigenvalue weighted by atomic mass is 9.49. The Hall–Kier alpha value is -0.600. The van der Waals surface area contributed by atoms with Gasteiger partial charge in [0.25, 0.3) is 0 Å². The lowest BCUT2D eigenvalue weighted by molar-refractivity contribution is -0.0475. The van der Waals surface area contributed by atoms with Crippen molar-refractivity contribution in [2.75, 3.05) is 0 Å². The van der Waals surface area contributed by atoms with Crippen LogP contribution in [0.4, 0.5) is 0 Å². The van der Waals surface area contributed by atoms with E-state index in [-0.39, 0.29) is 17.1 Å². The van der Waals surface area contributed by atoms with Gasteiger partial charge < -0.3 is 9.84 Å². The van der Waals surface area contributed by atoms with Crippen molar-refractivity contribution in [3.8, 4) is 0 Å². The lowest BCUT2D eigenvalue weighted by Gasteiger charge is -2.55. The fraction of sp³-hybridized carbons (Fsp3) is 0.800. The molecule has 6 atom stereocenters. The molecule has 6 unspecified atom stereocenters. The van der Waals surface area contributed by atoms with Crippen molar-refractivity contribution in [2.45, 2.75) is 84.0 Å². The van der Waals surface area contributed by atoms with E-state index in [2.05, 4.69) is 34.3 Å². The summed E-state index contributed by atoms with van der Waals surface area (Å²) in [7, 11) is 0. The van der Waals surface area contributed by atoms with E-state index in [0.29, 0.717) is 17.9 Å². The highest BCUT2D eigenvalue weighted by molar-refractivity contribution is 5.18. The molecule has 0 aromatic heterocycles. The molecule has 0 aromatic rings. The van der Waals surface area contributed by atoms with Crippen molar-refractivity contribution in [3.05, 3.63) is 23.8 Å². The molecule has 0 aromatic carbocycles. The molecule has 0 radical (unpaired) electrons. The smallest absolute Gasteiger partial charge is 0.0920 e. The van der Waals surface area contributed by atoms with Gasteiger partial charge in [0, 0.05) is 0 Å². The first-order chi connectivity index (χ1) is 10.2. The average Bonchev–Trinajstić information content (AvgIpc) is 3.02. The van der Waals surface area contributed by atoms with Gasteiger partial charge in [-0.1, -0.05) is 30.7 Å². The molecule has 2 heteroatoms. The fourth-order valence-electron chi connectivity index (χ4n) is 5.08. The molecule has 0 bridgehead atoms. The minimum Gasteiger partial charge on any atom is -0.389 e. The second-order valence-electron chi connectivity index (χ2n) is 8.74. The van der Waals surface area contributed by atoms with Crippen LogP contribution in [0.2, 0.25) is 0 Å². The van der Waals surface area contributed by atoms with Crippen LogP contribution in [0.3, 0.4) is 0 Å². The van der Waals surface area contributed by atoms with E-state index >= 15 is 0 Å². The largest absolute Gasteiger partial charge is 0.389 e. The molecule has 2 saturated carbocycles. The number of ether oxygens (including phenoxy) is 1. The summed E-state index contributed by atoms with van der Waals surface area (Å²) in [5.74, 6) is 1.34. The third-order valence-electron chi connectivity index (χ3n) is 6.51. The highest BCUT2D eigenvalue weighted by atomic mass is 16.6. The summed E-state index contributed by atoms with van der Waals surface area (Å²) in [4.78, 5) is 0. The Bertz CT molecular complexity index is 490. The second-order valence-corrected chi connectivity index (χ2v) is 8.74. The van der Waals surface area contributed by atoms with Gasteiger partial charge in [-0.25, -0.2) is 0 Å². The summed E-state index contributed by atoms with van der Waals surface area (Å²) in [6.45, 7) is 13.1. The number of aliphatic hydroxyl groups is 1. The van der Waals surface area contributed by atoms with Crippen LogP contribution in [0.25, 0.3) is 0 Å². The molecular weight excluding hydrogens is 272 g/mol. The molecule has 1 saturated heterocycles. The summed E-state index contributed by atoms with van der Waals surface area (Å²) < 4.78 is 5.94. The van der Waals surface area contributed by atoms with Gasteiger partial charge in [0.1, 0.15) is 0 Å². The molecule has 2 nitrogen and oxygen atoms in total. The van der Waals surface area contributed by atoms with Crippen LogP contribution in [0.15, 0.2) is 23.8 Å². The standard InChI is InChI=1S/C20H32O2/c1-13(2)10-15(21)11-19(4)12-16-14(3)6-7-18-20(5,22-18)9-8-17(16)19/h10,15-18,21H,3,6-9,11-12H2,1-2,4-5H3. The van der Waals surface area contributed by atoms with Gasteiger partial charge in [-0.3, -0.25) is 0 Å². The topological polar surface area (TPSA) is 32.8 Å². The first kappa shape index (κ1) is 16.3. The van der Waals surface area contributed by atoms with Crippen LogP contribution >= 0.6 is 0 Å². The lowest BCUT2D eigenvalue weighted by Crippen LogP contribution is -2.48. The Morgan fingerprint density at radius 2 is 2.14 bits per heavy atom. The number of hydrogen-bond donors (Lipinski definition) is 1. The van der Waals surface area contributed by atoms with E-state index in [4.69, 9.17) is 4.74 Å². The third kappa shape index (κ3) is 2.92. The van der Waals surface area contributed by atoms with E-state index in [1.54, 1.807) is 0 Å². The van der Waals surface area contributed by atoms with Crippen molar-refractivity contribution >= 4 is 0 Å². The Morgan fingerprint density at radius 3 is 2.82 bits per heavy atom. The monoisotopic (exact) mass is 304 g/mol. The van der Waals surface area contributed by atoms with E-state index in [1.807, 2.05) is 6.08 Å². The number of fused-ring (bicyclic) bond motifs is 2. The maximum atomic E-state index is 10.3. The Labute approximate surface area is 135 Å². The summed E-state index contributed by atoms with van der Waals surface area (Å²) in [5.41, 5.74) is 3.01. The van der Waals surface area contributed by atoms with Crippen LogP contribution in [-0.4, -0.2) is 22.9 Å². The highest BCUT2D eigenvalue weighted by Gasteiger charge is 2.57. The van der Waals surface area contributed by atoms with Crippen LogP contribution in [0.1, 0.15) is 66.2 Å². The Kier molecular flexibility index (Phi) is 4.06. The Balaban J connectivity index is 1.70. The number of epoxide rings is 1. The molecule has 3 aliphatic rings. The van der Waals surface area contributed by atoms with Gasteiger partial charge in [0.15, 0.2) is 0 Å². The third-order valence-corrected chi connectivity index (χ3v) is 6.51. The molecule has 3 rings (SSSR count). The van der Waals surface area contributed by atoms with Crippen LogP contribution in [0.5, 0.6) is 0 Å². The van der Waals surface area contributed by atoms with Crippen molar-refractivity contribution in [2.24, 2.45) is 17.3 Å². The minimum absolute atomic E-state index is 0.129. The molecule has 124 valence electrons. The maximum Gasteiger partial charge on any atom is 0.0920 e. The molecule has 2 aliphatic carbocycles. The van der Waals surface area contributed by atoms with Crippen molar-refractivity contribution < 1.29 is 9.84 Å². The Morgan fingerprint density at radius 1 is 1.41 bits per heavy atom. The first-order valence-corrected chi connectivity index (χ1v) is 8.92. The fourth-order valence-corrected chi connectivity index (χ4v) is 5.08. The summed E-state index contributed by atoms with van der Waals surface area (Å²) in [6.07, 6.45) is 8.89. The van der Waals surface area contributed by atoms with E-state index in [1.165, 1.54) is 30.4 Å². The van der Waals surface area contributed by atoms with Gasteiger partial charge in [-0.15, -0.1) is 0 Å². The number of rotatable bonds is 3. The minimum atomic E-state index is -0.308. The normalized spacial score (nSPS) is 45.3. The zero-order valence-corrected chi connectivity index (χ0v) is 14.7. The highest BCUT2D eigenvalue weighted by Crippen LogP contribution is 2.61. The van der Waals surface area contributed by atoms with E-state index in [9.17, 15) is 5.11 Å². The van der Waals surface area contributed by atoms with Crippen LogP contribution in [0, 0.1) is 17.3 Å². The molecule has 0 amide bonds. The van der Waals surface area contributed by atoms with Crippen LogP contribution < -0.4 is 0 Å². The average molecular weight is 304 g/mol. The van der Waals surface area contributed by atoms with Crippen molar-refractivity contribution in [1.82, 2.24) is 0 Å². The number of allylic oxidation sites excluding steroid dienone is 2. The zero-order chi connectivity index (χ0) is 16.1. The zero-order valence-electron chi connectivity index (χ0n) is 14.7. The van der Waals surface area contributed by atoms with E-state index in [0.717, 1.165) is 19.3 Å². The summed E-state index contributed by atoms with van der Waals surface area (Å²) >= 11 is 0. The molecular formula is C20H32O2. The predicted octanol–water partition coefficient (Wildman–Crippen LogP) is 4.63. The van der Waals surface area contributed by atoms with Gasteiger partial charge in [-0.05, 0) is 76.5 Å². The maximum absolute atomic E-state index is 10.3. The van der Waals surface area contributed by atoms with Gasteiger partial charge in [-0.2, -0.15) is 0 Å². The molecule has 1 heterocycles.